The van der Waals surface area contributed by atoms with Crippen molar-refractivity contribution in [2.75, 3.05) is 11.3 Å². The minimum absolute atomic E-state index is 0.220. The van der Waals surface area contributed by atoms with E-state index in [-0.39, 0.29) is 4.90 Å². The topological polar surface area (TPSA) is 55.4 Å². The van der Waals surface area contributed by atoms with Crippen molar-refractivity contribution in [2.24, 2.45) is 0 Å². The highest BCUT2D eigenvalue weighted by molar-refractivity contribution is 9.10. The van der Waals surface area contributed by atoms with Gasteiger partial charge in [-0.2, -0.15) is 0 Å². The fourth-order valence-electron chi connectivity index (χ4n) is 2.50. The Balaban J connectivity index is 2.12. The lowest BCUT2D eigenvalue weighted by atomic mass is 10.1. The average molecular weight is 406 g/mol. The van der Waals surface area contributed by atoms with E-state index in [1.807, 2.05) is 31.2 Å². The van der Waals surface area contributed by atoms with Crippen molar-refractivity contribution in [2.45, 2.75) is 11.8 Å². The van der Waals surface area contributed by atoms with Crippen LogP contribution in [-0.2, 0) is 10.0 Å². The summed E-state index contributed by atoms with van der Waals surface area (Å²) >= 11 is 3.36. The van der Waals surface area contributed by atoms with Crippen molar-refractivity contribution in [3.05, 3.63) is 65.1 Å². The van der Waals surface area contributed by atoms with E-state index in [9.17, 15) is 8.42 Å². The van der Waals surface area contributed by atoms with Crippen LogP contribution in [0.4, 0.5) is 5.69 Å². The Labute approximate surface area is 149 Å². The first-order chi connectivity index (χ1) is 11.5. The maximum atomic E-state index is 12.9. The molecule has 0 spiro atoms. The molecule has 3 aromatic rings. The lowest BCUT2D eigenvalue weighted by Gasteiger charge is -2.14. The summed E-state index contributed by atoms with van der Waals surface area (Å²) in [5.74, 6) is 0.674. The first-order valence-electron chi connectivity index (χ1n) is 7.45. The molecular formula is C18H16BrNO3S. The van der Waals surface area contributed by atoms with Gasteiger partial charge in [0.05, 0.1) is 17.2 Å². The van der Waals surface area contributed by atoms with Crippen LogP contribution in [0.3, 0.4) is 0 Å². The van der Waals surface area contributed by atoms with Gasteiger partial charge in [0, 0.05) is 15.2 Å². The van der Waals surface area contributed by atoms with Gasteiger partial charge < -0.3 is 4.74 Å². The Kier molecular flexibility index (Phi) is 4.78. The maximum Gasteiger partial charge on any atom is 0.262 e. The number of halogens is 1. The van der Waals surface area contributed by atoms with Crippen LogP contribution in [0.1, 0.15) is 6.92 Å². The molecule has 0 radical (unpaired) electrons. The molecule has 0 saturated heterocycles. The van der Waals surface area contributed by atoms with Gasteiger partial charge >= 0.3 is 0 Å². The number of fused-ring (bicyclic) bond motifs is 1. The smallest absolute Gasteiger partial charge is 0.262 e. The van der Waals surface area contributed by atoms with Gasteiger partial charge in [-0.05, 0) is 47.1 Å². The third-order valence-corrected chi connectivity index (χ3v) is 5.67. The minimum atomic E-state index is -3.73. The molecule has 24 heavy (non-hydrogen) atoms. The van der Waals surface area contributed by atoms with E-state index in [0.717, 1.165) is 5.39 Å². The van der Waals surface area contributed by atoms with Gasteiger partial charge in [0.2, 0.25) is 0 Å². The van der Waals surface area contributed by atoms with Crippen molar-refractivity contribution >= 4 is 42.4 Å². The number of nitrogens with one attached hydrogen (secondary N) is 1. The summed E-state index contributed by atoms with van der Waals surface area (Å²) in [5.41, 5.74) is 0.496. The van der Waals surface area contributed by atoms with Crippen LogP contribution in [0.15, 0.2) is 70.0 Å². The number of hydrogen-bond donors (Lipinski definition) is 1. The van der Waals surface area contributed by atoms with Crippen molar-refractivity contribution in [1.29, 1.82) is 0 Å². The molecule has 4 nitrogen and oxygen atoms in total. The van der Waals surface area contributed by atoms with Crippen molar-refractivity contribution in [3.63, 3.8) is 0 Å². The van der Waals surface area contributed by atoms with Gasteiger partial charge in [-0.3, -0.25) is 4.72 Å². The Bertz CT molecular complexity index is 986. The van der Waals surface area contributed by atoms with E-state index in [0.29, 0.717) is 27.9 Å². The lowest BCUT2D eigenvalue weighted by Crippen LogP contribution is -2.14. The molecule has 0 fully saturated rings. The van der Waals surface area contributed by atoms with Crippen molar-refractivity contribution in [1.82, 2.24) is 0 Å². The van der Waals surface area contributed by atoms with Crippen LogP contribution in [0.5, 0.6) is 5.75 Å². The predicted octanol–water partition coefficient (Wildman–Crippen LogP) is 4.80. The number of ether oxygens (including phenoxy) is 1. The quantitative estimate of drug-likeness (QED) is 0.662. The van der Waals surface area contributed by atoms with E-state index < -0.39 is 10.0 Å². The minimum Gasteiger partial charge on any atom is -0.493 e. The molecule has 0 saturated carbocycles. The van der Waals surface area contributed by atoms with E-state index in [1.165, 1.54) is 0 Å². The van der Waals surface area contributed by atoms with E-state index in [1.54, 1.807) is 36.4 Å². The number of hydrogen-bond acceptors (Lipinski definition) is 3. The van der Waals surface area contributed by atoms with Crippen molar-refractivity contribution < 1.29 is 13.2 Å². The Morgan fingerprint density at radius 1 is 0.958 bits per heavy atom. The molecule has 1 N–H and O–H groups in total. The SMILES string of the molecule is CCOc1ccc(S(=O)(=O)Nc2ccccc2Br)c2ccccc12. The molecule has 0 aliphatic rings. The molecule has 124 valence electrons. The van der Waals surface area contributed by atoms with Gasteiger partial charge in [-0.15, -0.1) is 0 Å². The summed E-state index contributed by atoms with van der Waals surface area (Å²) in [4.78, 5) is 0.220. The zero-order valence-corrected chi connectivity index (χ0v) is 15.4. The zero-order chi connectivity index (χ0) is 17.2. The first kappa shape index (κ1) is 16.8. The monoisotopic (exact) mass is 405 g/mol. The fraction of sp³-hybridized carbons (Fsp3) is 0.111. The Hall–Kier alpha value is -2.05. The summed E-state index contributed by atoms with van der Waals surface area (Å²) in [6.07, 6.45) is 0. The van der Waals surface area contributed by atoms with Crippen LogP contribution in [0.2, 0.25) is 0 Å². The largest absolute Gasteiger partial charge is 0.493 e. The predicted molar refractivity (Wildman–Crippen MR) is 100 cm³/mol. The number of sulfonamides is 1. The van der Waals surface area contributed by atoms with E-state index >= 15 is 0 Å². The summed E-state index contributed by atoms with van der Waals surface area (Å²) in [5, 5.41) is 1.40. The normalized spacial score (nSPS) is 11.4. The van der Waals surface area contributed by atoms with Crippen LogP contribution >= 0.6 is 15.9 Å². The molecule has 0 bridgehead atoms. The van der Waals surface area contributed by atoms with Gasteiger partial charge in [-0.25, -0.2) is 8.42 Å². The van der Waals surface area contributed by atoms with E-state index in [2.05, 4.69) is 20.7 Å². The van der Waals surface area contributed by atoms with Gasteiger partial charge in [0.15, 0.2) is 0 Å². The van der Waals surface area contributed by atoms with Crippen LogP contribution in [0.25, 0.3) is 10.8 Å². The second-order valence-corrected chi connectivity index (χ2v) is 7.63. The first-order valence-corrected chi connectivity index (χ1v) is 9.72. The number of benzene rings is 3. The molecule has 3 aromatic carbocycles. The molecule has 0 aromatic heterocycles. The fourth-order valence-corrected chi connectivity index (χ4v) is 4.31. The summed E-state index contributed by atoms with van der Waals surface area (Å²) in [6.45, 7) is 2.42. The molecule has 0 aliphatic carbocycles. The van der Waals surface area contributed by atoms with Gasteiger partial charge in [0.1, 0.15) is 5.75 Å². The number of anilines is 1. The van der Waals surface area contributed by atoms with Gasteiger partial charge in [-0.1, -0.05) is 36.4 Å². The molecule has 6 heteroatoms. The highest BCUT2D eigenvalue weighted by Gasteiger charge is 2.20. The number of rotatable bonds is 5. The zero-order valence-electron chi connectivity index (χ0n) is 13.0. The molecule has 3 rings (SSSR count). The Morgan fingerprint density at radius 2 is 1.62 bits per heavy atom. The Morgan fingerprint density at radius 3 is 2.33 bits per heavy atom. The van der Waals surface area contributed by atoms with E-state index in [4.69, 9.17) is 4.74 Å². The van der Waals surface area contributed by atoms with Gasteiger partial charge in [0.25, 0.3) is 10.0 Å². The maximum absolute atomic E-state index is 12.9. The third kappa shape index (κ3) is 3.25. The number of para-hydroxylation sites is 1. The standard InChI is InChI=1S/C18H16BrNO3S/c1-2-23-17-11-12-18(14-8-4-3-7-13(14)17)24(21,22)20-16-10-6-5-9-15(16)19/h3-12,20H,2H2,1H3. The lowest BCUT2D eigenvalue weighted by molar-refractivity contribution is 0.344. The molecule has 0 aliphatic heterocycles. The highest BCUT2D eigenvalue weighted by atomic mass is 79.9. The summed E-state index contributed by atoms with van der Waals surface area (Å²) in [7, 11) is -3.73. The molecule has 0 unspecified atom stereocenters. The molecular weight excluding hydrogens is 390 g/mol. The molecule has 0 heterocycles. The van der Waals surface area contributed by atoms with Crippen LogP contribution < -0.4 is 9.46 Å². The summed E-state index contributed by atoms with van der Waals surface area (Å²) in [6, 6.07) is 17.7. The third-order valence-electron chi connectivity index (χ3n) is 3.55. The average Bonchev–Trinajstić information content (AvgIpc) is 2.57. The van der Waals surface area contributed by atoms with Crippen LogP contribution in [-0.4, -0.2) is 15.0 Å². The van der Waals surface area contributed by atoms with Crippen LogP contribution in [0, 0.1) is 0 Å². The molecule has 0 amide bonds. The van der Waals surface area contributed by atoms with Crippen molar-refractivity contribution in [3.8, 4) is 5.75 Å². The highest BCUT2D eigenvalue weighted by Crippen LogP contribution is 2.33. The second-order valence-electron chi connectivity index (χ2n) is 5.13. The second kappa shape index (κ2) is 6.83. The summed E-state index contributed by atoms with van der Waals surface area (Å²) < 4.78 is 34.6. The molecule has 0 atom stereocenters.